The molecule has 2 rings (SSSR count). The van der Waals surface area contributed by atoms with Crippen LogP contribution in [0.2, 0.25) is 0 Å². The lowest BCUT2D eigenvalue weighted by molar-refractivity contribution is 0.0224. The normalized spacial score (nSPS) is 15.1. The van der Waals surface area contributed by atoms with Crippen LogP contribution < -0.4 is 0 Å². The largest absolute Gasteiger partial charge is 0.507 e. The van der Waals surface area contributed by atoms with Crippen LogP contribution in [0.5, 0.6) is 5.75 Å². The van der Waals surface area contributed by atoms with E-state index in [1.807, 2.05) is 26.8 Å². The fourth-order valence-electron chi connectivity index (χ4n) is 2.08. The molecule has 0 aromatic heterocycles. The molecule has 1 aliphatic heterocycles. The zero-order valence-corrected chi connectivity index (χ0v) is 13.5. The second-order valence-electron chi connectivity index (χ2n) is 5.69. The van der Waals surface area contributed by atoms with Gasteiger partial charge >= 0.3 is 6.09 Å². The minimum absolute atomic E-state index is 0.277. The van der Waals surface area contributed by atoms with Crippen molar-refractivity contribution in [2.24, 2.45) is 0 Å². The molecule has 1 aromatic carbocycles. The molecule has 5 heteroatoms. The topological polar surface area (TPSA) is 49.8 Å². The summed E-state index contributed by atoms with van der Waals surface area (Å²) in [5.74, 6) is 0.310. The van der Waals surface area contributed by atoms with Crippen molar-refractivity contribution in [1.29, 1.82) is 0 Å². The van der Waals surface area contributed by atoms with Crippen molar-refractivity contribution in [3.05, 3.63) is 26.8 Å². The number of carbonyl (C=O) groups excluding carboxylic acids is 1. The van der Waals surface area contributed by atoms with Crippen LogP contribution in [-0.2, 0) is 17.7 Å². The van der Waals surface area contributed by atoms with Crippen molar-refractivity contribution in [3.63, 3.8) is 0 Å². The summed E-state index contributed by atoms with van der Waals surface area (Å²) in [5, 5.41) is 9.69. The average molecular weight is 375 g/mol. The molecule has 0 bridgehead atoms. The molecule has 0 saturated heterocycles. The van der Waals surface area contributed by atoms with Crippen molar-refractivity contribution in [1.82, 2.24) is 4.90 Å². The molecule has 0 atom stereocenters. The van der Waals surface area contributed by atoms with Crippen LogP contribution in [-0.4, -0.2) is 28.2 Å². The number of hydrogen-bond donors (Lipinski definition) is 1. The third kappa shape index (κ3) is 3.32. The highest BCUT2D eigenvalue weighted by molar-refractivity contribution is 14.1. The standard InChI is InChI=1S/C14H18INO3/c1-14(2,3)19-13(18)16-7-6-10-9(8-16)4-5-11(17)12(10)15/h4-5,17H,6-8H2,1-3H3. The first kappa shape index (κ1) is 14.4. The predicted octanol–water partition coefficient (Wildman–Crippen LogP) is 3.29. The number of amides is 1. The van der Waals surface area contributed by atoms with Gasteiger partial charge in [0.05, 0.1) is 3.57 Å². The van der Waals surface area contributed by atoms with E-state index in [1.54, 1.807) is 11.0 Å². The van der Waals surface area contributed by atoms with E-state index in [1.165, 1.54) is 0 Å². The fraction of sp³-hybridized carbons (Fsp3) is 0.500. The van der Waals surface area contributed by atoms with Gasteiger partial charge in [0, 0.05) is 13.1 Å². The Labute approximate surface area is 126 Å². The third-order valence-electron chi connectivity index (χ3n) is 2.96. The van der Waals surface area contributed by atoms with Gasteiger partial charge in [0.15, 0.2) is 0 Å². The number of carbonyl (C=O) groups is 1. The Kier molecular flexibility index (Phi) is 3.94. The first-order chi connectivity index (χ1) is 8.78. The van der Waals surface area contributed by atoms with Crippen LogP contribution in [0.25, 0.3) is 0 Å². The molecular weight excluding hydrogens is 357 g/mol. The number of ether oxygens (including phenoxy) is 1. The van der Waals surface area contributed by atoms with Gasteiger partial charge < -0.3 is 14.7 Å². The van der Waals surface area contributed by atoms with Crippen molar-refractivity contribution in [2.45, 2.75) is 39.3 Å². The number of hydrogen-bond acceptors (Lipinski definition) is 3. The van der Waals surface area contributed by atoms with Gasteiger partial charge in [0.1, 0.15) is 11.4 Å². The number of rotatable bonds is 0. The highest BCUT2D eigenvalue weighted by Crippen LogP contribution is 2.30. The van der Waals surface area contributed by atoms with Gasteiger partial charge in [-0.25, -0.2) is 4.79 Å². The molecule has 4 nitrogen and oxygen atoms in total. The average Bonchev–Trinajstić information content (AvgIpc) is 2.31. The van der Waals surface area contributed by atoms with Crippen LogP contribution in [0.15, 0.2) is 12.1 Å². The summed E-state index contributed by atoms with van der Waals surface area (Å²) < 4.78 is 6.27. The van der Waals surface area contributed by atoms with Crippen molar-refractivity contribution >= 4 is 28.7 Å². The quantitative estimate of drug-likeness (QED) is 0.708. The first-order valence-electron chi connectivity index (χ1n) is 6.25. The highest BCUT2D eigenvalue weighted by Gasteiger charge is 2.26. The first-order valence-corrected chi connectivity index (χ1v) is 7.33. The number of halogens is 1. The van der Waals surface area contributed by atoms with Crippen LogP contribution in [0.3, 0.4) is 0 Å². The van der Waals surface area contributed by atoms with Gasteiger partial charge in [-0.1, -0.05) is 6.07 Å². The number of phenolic OH excluding ortho intramolecular Hbond substituents is 1. The molecule has 0 spiro atoms. The summed E-state index contributed by atoms with van der Waals surface area (Å²) in [7, 11) is 0. The van der Waals surface area contributed by atoms with Gasteiger partial charge in [-0.05, 0) is 67.0 Å². The lowest BCUT2D eigenvalue weighted by Gasteiger charge is -2.31. The zero-order valence-electron chi connectivity index (χ0n) is 11.4. The predicted molar refractivity (Wildman–Crippen MR) is 81.2 cm³/mol. The van der Waals surface area contributed by atoms with E-state index in [4.69, 9.17) is 4.74 Å². The smallest absolute Gasteiger partial charge is 0.410 e. The van der Waals surface area contributed by atoms with Gasteiger partial charge in [-0.15, -0.1) is 0 Å². The van der Waals surface area contributed by atoms with Crippen LogP contribution >= 0.6 is 22.6 Å². The molecule has 0 fully saturated rings. The van der Waals surface area contributed by atoms with E-state index in [2.05, 4.69) is 22.6 Å². The molecule has 1 heterocycles. The van der Waals surface area contributed by atoms with E-state index in [-0.39, 0.29) is 6.09 Å². The summed E-state index contributed by atoms with van der Waals surface area (Å²) in [5.41, 5.74) is 1.75. The lowest BCUT2D eigenvalue weighted by atomic mass is 10.00. The Morgan fingerprint density at radius 2 is 2.11 bits per heavy atom. The maximum atomic E-state index is 12.0. The molecule has 0 aliphatic carbocycles. The molecule has 0 saturated carbocycles. The third-order valence-corrected chi connectivity index (χ3v) is 4.17. The zero-order chi connectivity index (χ0) is 14.2. The van der Waals surface area contributed by atoms with Gasteiger partial charge in [-0.3, -0.25) is 0 Å². The Bertz CT molecular complexity index is 508. The lowest BCUT2D eigenvalue weighted by Crippen LogP contribution is -2.40. The van der Waals surface area contributed by atoms with Gasteiger partial charge in [0.25, 0.3) is 0 Å². The monoisotopic (exact) mass is 375 g/mol. The van der Waals surface area contributed by atoms with Crippen molar-refractivity contribution in [3.8, 4) is 5.75 Å². The summed E-state index contributed by atoms with van der Waals surface area (Å²) >= 11 is 2.15. The number of aromatic hydroxyl groups is 1. The van der Waals surface area contributed by atoms with Gasteiger partial charge in [-0.2, -0.15) is 0 Å². The summed E-state index contributed by atoms with van der Waals surface area (Å²) in [6.45, 7) is 6.76. The van der Waals surface area contributed by atoms with E-state index in [0.717, 1.165) is 21.1 Å². The molecule has 0 radical (unpaired) electrons. The van der Waals surface area contributed by atoms with E-state index < -0.39 is 5.60 Å². The second kappa shape index (κ2) is 5.19. The Hall–Kier alpha value is -0.980. The molecule has 104 valence electrons. The SMILES string of the molecule is CC(C)(C)OC(=O)N1CCc2c(ccc(O)c2I)C1. The van der Waals surface area contributed by atoms with E-state index in [0.29, 0.717) is 18.8 Å². The molecule has 1 aliphatic rings. The molecule has 0 unspecified atom stereocenters. The fourth-order valence-corrected chi connectivity index (χ4v) is 2.88. The maximum absolute atomic E-state index is 12.0. The Balaban J connectivity index is 2.15. The Morgan fingerprint density at radius 3 is 2.74 bits per heavy atom. The number of phenols is 1. The van der Waals surface area contributed by atoms with Crippen molar-refractivity contribution in [2.75, 3.05) is 6.54 Å². The second-order valence-corrected chi connectivity index (χ2v) is 6.77. The molecule has 1 aromatic rings. The number of benzene rings is 1. The summed E-state index contributed by atoms with van der Waals surface area (Å²) in [4.78, 5) is 13.7. The number of nitrogens with zero attached hydrogens (tertiary/aromatic N) is 1. The number of fused-ring (bicyclic) bond motifs is 1. The summed E-state index contributed by atoms with van der Waals surface area (Å²) in [6, 6.07) is 3.56. The van der Waals surface area contributed by atoms with E-state index >= 15 is 0 Å². The molecule has 1 amide bonds. The molecule has 19 heavy (non-hydrogen) atoms. The maximum Gasteiger partial charge on any atom is 0.410 e. The minimum Gasteiger partial charge on any atom is -0.507 e. The Morgan fingerprint density at radius 1 is 1.42 bits per heavy atom. The van der Waals surface area contributed by atoms with E-state index in [9.17, 15) is 9.90 Å². The van der Waals surface area contributed by atoms with Crippen LogP contribution in [0.4, 0.5) is 4.79 Å². The summed E-state index contributed by atoms with van der Waals surface area (Å²) in [6.07, 6.45) is 0.475. The minimum atomic E-state index is -0.471. The van der Waals surface area contributed by atoms with Crippen LogP contribution in [0, 0.1) is 3.57 Å². The highest BCUT2D eigenvalue weighted by atomic mass is 127. The van der Waals surface area contributed by atoms with Gasteiger partial charge in [0.2, 0.25) is 0 Å². The molecule has 1 N–H and O–H groups in total. The molecular formula is C14H18INO3. The van der Waals surface area contributed by atoms with Crippen LogP contribution in [0.1, 0.15) is 31.9 Å². The van der Waals surface area contributed by atoms with Crippen molar-refractivity contribution < 1.29 is 14.6 Å².